The number of halogens is 1. The molecule has 0 unspecified atom stereocenters. The van der Waals surface area contributed by atoms with Gasteiger partial charge in [0.2, 0.25) is 5.91 Å². The lowest BCUT2D eigenvalue weighted by molar-refractivity contribution is -0.117. The molecule has 0 fully saturated rings. The lowest BCUT2D eigenvalue weighted by Crippen LogP contribution is -2.29. The monoisotopic (exact) mass is 295 g/mol. The van der Waals surface area contributed by atoms with Gasteiger partial charge in [0.25, 0.3) is 0 Å². The molecule has 3 heteroatoms. The van der Waals surface area contributed by atoms with Gasteiger partial charge in [-0.05, 0) is 54.2 Å². The SMILES string of the molecule is O=C(/C=C/c1cccc(F)c1)N[C@H]1CCCc2ccccc21. The van der Waals surface area contributed by atoms with Crippen molar-refractivity contribution in [1.82, 2.24) is 5.32 Å². The van der Waals surface area contributed by atoms with Gasteiger partial charge in [0.05, 0.1) is 6.04 Å². The molecule has 0 saturated carbocycles. The topological polar surface area (TPSA) is 29.1 Å². The van der Waals surface area contributed by atoms with Gasteiger partial charge in [-0.3, -0.25) is 4.79 Å². The molecule has 1 aliphatic rings. The van der Waals surface area contributed by atoms with Crippen molar-refractivity contribution in [1.29, 1.82) is 0 Å². The molecule has 0 heterocycles. The first-order chi connectivity index (χ1) is 10.7. The molecule has 1 N–H and O–H groups in total. The zero-order valence-electron chi connectivity index (χ0n) is 12.3. The summed E-state index contributed by atoms with van der Waals surface area (Å²) >= 11 is 0. The van der Waals surface area contributed by atoms with E-state index in [9.17, 15) is 9.18 Å². The summed E-state index contributed by atoms with van der Waals surface area (Å²) in [4.78, 5) is 12.1. The van der Waals surface area contributed by atoms with E-state index in [0.29, 0.717) is 5.56 Å². The van der Waals surface area contributed by atoms with E-state index in [-0.39, 0.29) is 17.8 Å². The smallest absolute Gasteiger partial charge is 0.244 e. The highest BCUT2D eigenvalue weighted by atomic mass is 19.1. The van der Waals surface area contributed by atoms with E-state index in [4.69, 9.17) is 0 Å². The Labute approximate surface area is 129 Å². The van der Waals surface area contributed by atoms with E-state index in [1.54, 1.807) is 18.2 Å². The Balaban J connectivity index is 1.68. The second kappa shape index (κ2) is 6.56. The second-order valence-corrected chi connectivity index (χ2v) is 5.54. The molecular weight excluding hydrogens is 277 g/mol. The number of benzene rings is 2. The lowest BCUT2D eigenvalue weighted by atomic mass is 9.88. The van der Waals surface area contributed by atoms with Crippen LogP contribution in [0.25, 0.3) is 6.08 Å². The van der Waals surface area contributed by atoms with Crippen LogP contribution in [0.4, 0.5) is 4.39 Å². The van der Waals surface area contributed by atoms with Crippen LogP contribution in [0.5, 0.6) is 0 Å². The van der Waals surface area contributed by atoms with E-state index >= 15 is 0 Å². The fourth-order valence-corrected chi connectivity index (χ4v) is 2.91. The fraction of sp³-hybridized carbons (Fsp3) is 0.211. The van der Waals surface area contributed by atoms with Crippen LogP contribution in [-0.2, 0) is 11.2 Å². The Morgan fingerprint density at radius 3 is 2.91 bits per heavy atom. The number of carbonyl (C=O) groups excluding carboxylic acids is 1. The first-order valence-corrected chi connectivity index (χ1v) is 7.54. The van der Waals surface area contributed by atoms with E-state index in [0.717, 1.165) is 19.3 Å². The number of amides is 1. The summed E-state index contributed by atoms with van der Waals surface area (Å²) in [6.45, 7) is 0. The average molecular weight is 295 g/mol. The molecule has 0 spiro atoms. The van der Waals surface area contributed by atoms with Crippen LogP contribution in [0.2, 0.25) is 0 Å². The predicted molar refractivity (Wildman–Crippen MR) is 85.7 cm³/mol. The van der Waals surface area contributed by atoms with Crippen molar-refractivity contribution in [3.05, 3.63) is 77.1 Å². The summed E-state index contributed by atoms with van der Waals surface area (Å²) in [6, 6.07) is 14.5. The van der Waals surface area contributed by atoms with Crippen LogP contribution in [0.15, 0.2) is 54.6 Å². The highest BCUT2D eigenvalue weighted by Gasteiger charge is 2.20. The van der Waals surface area contributed by atoms with Crippen molar-refractivity contribution in [2.75, 3.05) is 0 Å². The van der Waals surface area contributed by atoms with Crippen molar-refractivity contribution in [3.8, 4) is 0 Å². The van der Waals surface area contributed by atoms with Crippen LogP contribution in [-0.4, -0.2) is 5.91 Å². The molecular formula is C19H18FNO. The third kappa shape index (κ3) is 3.42. The van der Waals surface area contributed by atoms with E-state index in [1.165, 1.54) is 29.3 Å². The molecule has 2 aromatic carbocycles. The Bertz CT molecular complexity index is 708. The number of nitrogens with one attached hydrogen (secondary N) is 1. The maximum atomic E-state index is 13.1. The molecule has 1 amide bonds. The average Bonchev–Trinajstić information content (AvgIpc) is 2.53. The van der Waals surface area contributed by atoms with Crippen LogP contribution >= 0.6 is 0 Å². The molecule has 112 valence electrons. The van der Waals surface area contributed by atoms with Crippen molar-refractivity contribution in [3.63, 3.8) is 0 Å². The zero-order valence-corrected chi connectivity index (χ0v) is 12.3. The van der Waals surface area contributed by atoms with E-state index in [1.807, 2.05) is 12.1 Å². The number of rotatable bonds is 3. The lowest BCUT2D eigenvalue weighted by Gasteiger charge is -2.25. The van der Waals surface area contributed by atoms with Gasteiger partial charge in [-0.25, -0.2) is 4.39 Å². The summed E-state index contributed by atoms with van der Waals surface area (Å²) < 4.78 is 13.1. The Morgan fingerprint density at radius 2 is 2.05 bits per heavy atom. The Morgan fingerprint density at radius 1 is 1.18 bits per heavy atom. The van der Waals surface area contributed by atoms with Crippen LogP contribution < -0.4 is 5.32 Å². The molecule has 3 rings (SSSR count). The van der Waals surface area contributed by atoms with E-state index < -0.39 is 0 Å². The third-order valence-electron chi connectivity index (χ3n) is 3.96. The standard InChI is InChI=1S/C19H18FNO/c20-16-8-3-5-14(13-16)11-12-19(22)21-18-10-4-7-15-6-1-2-9-17(15)18/h1-3,5-6,8-9,11-13,18H,4,7,10H2,(H,21,22)/b12-11+/t18-/m0/s1. The number of hydrogen-bond acceptors (Lipinski definition) is 1. The fourth-order valence-electron chi connectivity index (χ4n) is 2.91. The van der Waals surface area contributed by atoms with E-state index in [2.05, 4.69) is 17.4 Å². The molecule has 2 aromatic rings. The van der Waals surface area contributed by atoms with Gasteiger partial charge in [0.1, 0.15) is 5.82 Å². The molecule has 1 aliphatic carbocycles. The predicted octanol–water partition coefficient (Wildman–Crippen LogP) is 4.03. The number of carbonyl (C=O) groups is 1. The van der Waals surface area contributed by atoms with Gasteiger partial charge in [0.15, 0.2) is 0 Å². The molecule has 1 atom stereocenters. The first kappa shape index (κ1) is 14.5. The zero-order chi connectivity index (χ0) is 15.4. The quantitative estimate of drug-likeness (QED) is 0.851. The van der Waals surface area contributed by atoms with Crippen molar-refractivity contribution in [2.24, 2.45) is 0 Å². The van der Waals surface area contributed by atoms with Crippen LogP contribution in [0, 0.1) is 5.82 Å². The highest BCUT2D eigenvalue weighted by molar-refractivity contribution is 5.92. The molecule has 0 aromatic heterocycles. The van der Waals surface area contributed by atoms with Gasteiger partial charge in [-0.15, -0.1) is 0 Å². The van der Waals surface area contributed by atoms with Gasteiger partial charge >= 0.3 is 0 Å². The maximum absolute atomic E-state index is 13.1. The van der Waals surface area contributed by atoms with Gasteiger partial charge < -0.3 is 5.32 Å². The van der Waals surface area contributed by atoms with Crippen LogP contribution in [0.1, 0.15) is 35.6 Å². The van der Waals surface area contributed by atoms with Gasteiger partial charge in [0, 0.05) is 6.08 Å². The highest BCUT2D eigenvalue weighted by Crippen LogP contribution is 2.29. The Hall–Kier alpha value is -2.42. The van der Waals surface area contributed by atoms with Crippen LogP contribution in [0.3, 0.4) is 0 Å². The Kier molecular flexibility index (Phi) is 4.33. The molecule has 0 radical (unpaired) electrons. The number of fused-ring (bicyclic) bond motifs is 1. The van der Waals surface area contributed by atoms with Crippen molar-refractivity contribution in [2.45, 2.75) is 25.3 Å². The third-order valence-corrected chi connectivity index (χ3v) is 3.96. The normalized spacial score (nSPS) is 17.2. The van der Waals surface area contributed by atoms with Crippen molar-refractivity contribution >= 4 is 12.0 Å². The minimum atomic E-state index is -0.302. The largest absolute Gasteiger partial charge is 0.346 e. The molecule has 22 heavy (non-hydrogen) atoms. The number of aryl methyl sites for hydroxylation is 1. The summed E-state index contributed by atoms with van der Waals surface area (Å²) in [5, 5.41) is 3.04. The minimum Gasteiger partial charge on any atom is -0.346 e. The molecule has 0 aliphatic heterocycles. The summed E-state index contributed by atoms with van der Waals surface area (Å²) in [5.74, 6) is -0.449. The van der Waals surface area contributed by atoms with Gasteiger partial charge in [-0.1, -0.05) is 36.4 Å². The second-order valence-electron chi connectivity index (χ2n) is 5.54. The van der Waals surface area contributed by atoms with Gasteiger partial charge in [-0.2, -0.15) is 0 Å². The molecule has 2 nitrogen and oxygen atoms in total. The first-order valence-electron chi connectivity index (χ1n) is 7.54. The summed E-state index contributed by atoms with van der Waals surface area (Å²) in [5.41, 5.74) is 3.20. The minimum absolute atomic E-state index is 0.0645. The number of hydrogen-bond donors (Lipinski definition) is 1. The van der Waals surface area contributed by atoms with Crippen molar-refractivity contribution < 1.29 is 9.18 Å². The summed E-state index contributed by atoms with van der Waals surface area (Å²) in [6.07, 6.45) is 6.20. The maximum Gasteiger partial charge on any atom is 0.244 e. The molecule has 0 saturated heterocycles. The summed E-state index contributed by atoms with van der Waals surface area (Å²) in [7, 11) is 0. The molecule has 0 bridgehead atoms.